The standard InChI is InChI=1S/C18H20N4O6/c1-28-12-18(17(24)25)8-2-9-20(11-18)16(23)15-7-10-21(19-15)13-3-5-14(6-4-13)22(26)27/h3-7,10H,2,8-9,11-12H2,1H3,(H,24,25). The van der Waals surface area contributed by atoms with Crippen molar-refractivity contribution < 1.29 is 24.4 Å². The van der Waals surface area contributed by atoms with E-state index in [1.54, 1.807) is 6.20 Å². The van der Waals surface area contributed by atoms with Crippen LogP contribution in [0.2, 0.25) is 0 Å². The van der Waals surface area contributed by atoms with Gasteiger partial charge in [0.25, 0.3) is 11.6 Å². The molecule has 1 amide bonds. The lowest BCUT2D eigenvalue weighted by atomic mass is 9.80. The third-order valence-corrected chi connectivity index (χ3v) is 4.87. The number of nitro benzene ring substituents is 1. The van der Waals surface area contributed by atoms with Crippen molar-refractivity contribution in [1.82, 2.24) is 14.7 Å². The summed E-state index contributed by atoms with van der Waals surface area (Å²) in [7, 11) is 1.44. The Kier molecular flexibility index (Phi) is 5.41. The van der Waals surface area contributed by atoms with Crippen LogP contribution >= 0.6 is 0 Å². The van der Waals surface area contributed by atoms with Gasteiger partial charge in [-0.15, -0.1) is 0 Å². The van der Waals surface area contributed by atoms with Crippen molar-refractivity contribution in [2.75, 3.05) is 26.8 Å². The summed E-state index contributed by atoms with van der Waals surface area (Å²) in [6.45, 7) is 0.532. The van der Waals surface area contributed by atoms with Crippen molar-refractivity contribution in [3.8, 4) is 5.69 Å². The van der Waals surface area contributed by atoms with E-state index in [-0.39, 0.29) is 30.4 Å². The van der Waals surface area contributed by atoms with Crippen LogP contribution in [0.5, 0.6) is 0 Å². The van der Waals surface area contributed by atoms with Crippen molar-refractivity contribution in [3.63, 3.8) is 0 Å². The van der Waals surface area contributed by atoms with Gasteiger partial charge in [0.05, 0.1) is 17.2 Å². The normalized spacial score (nSPS) is 19.4. The first-order valence-electron chi connectivity index (χ1n) is 8.68. The summed E-state index contributed by atoms with van der Waals surface area (Å²) in [6, 6.07) is 7.32. The highest BCUT2D eigenvalue weighted by Gasteiger charge is 2.44. The Morgan fingerprint density at radius 1 is 1.32 bits per heavy atom. The number of rotatable bonds is 6. The number of carbonyl (C=O) groups is 2. The second kappa shape index (κ2) is 7.77. The molecule has 1 aromatic carbocycles. The number of methoxy groups -OCH3 is 1. The Morgan fingerprint density at radius 2 is 2.04 bits per heavy atom. The first-order chi connectivity index (χ1) is 13.4. The highest BCUT2D eigenvalue weighted by Crippen LogP contribution is 2.31. The van der Waals surface area contributed by atoms with Gasteiger partial charge in [-0.3, -0.25) is 19.7 Å². The van der Waals surface area contributed by atoms with Crippen LogP contribution in [0.4, 0.5) is 5.69 Å². The maximum absolute atomic E-state index is 12.8. The number of benzene rings is 1. The fraction of sp³-hybridized carbons (Fsp3) is 0.389. The van der Waals surface area contributed by atoms with Crippen LogP contribution in [0, 0.1) is 15.5 Å². The lowest BCUT2D eigenvalue weighted by molar-refractivity contribution is -0.384. The van der Waals surface area contributed by atoms with Gasteiger partial charge in [-0.2, -0.15) is 5.10 Å². The van der Waals surface area contributed by atoms with Crippen molar-refractivity contribution in [3.05, 3.63) is 52.3 Å². The zero-order valence-corrected chi connectivity index (χ0v) is 15.3. The number of aliphatic carboxylic acids is 1. The minimum absolute atomic E-state index is 0.0311. The summed E-state index contributed by atoms with van der Waals surface area (Å²) in [5.41, 5.74) is -0.410. The number of carboxylic acid groups (broad SMARTS) is 1. The topological polar surface area (TPSA) is 128 Å². The van der Waals surface area contributed by atoms with Gasteiger partial charge in [-0.25, -0.2) is 4.68 Å². The molecule has 1 atom stereocenters. The molecule has 2 aromatic rings. The summed E-state index contributed by atoms with van der Waals surface area (Å²) < 4.78 is 6.53. The van der Waals surface area contributed by atoms with Gasteiger partial charge in [0, 0.05) is 38.5 Å². The van der Waals surface area contributed by atoms with Gasteiger partial charge in [-0.1, -0.05) is 0 Å². The van der Waals surface area contributed by atoms with Crippen LogP contribution in [0.25, 0.3) is 5.69 Å². The van der Waals surface area contributed by atoms with Crippen molar-refractivity contribution in [1.29, 1.82) is 0 Å². The molecule has 1 aliphatic heterocycles. The molecule has 0 aliphatic carbocycles. The van der Waals surface area contributed by atoms with Gasteiger partial charge in [0.1, 0.15) is 5.41 Å². The molecular formula is C18H20N4O6. The maximum atomic E-state index is 12.8. The largest absolute Gasteiger partial charge is 0.481 e. The number of hydrogen-bond donors (Lipinski definition) is 1. The molecule has 0 spiro atoms. The molecule has 10 nitrogen and oxygen atoms in total. The lowest BCUT2D eigenvalue weighted by Gasteiger charge is -2.39. The predicted octanol–water partition coefficient (Wildman–Crippen LogP) is 1.73. The highest BCUT2D eigenvalue weighted by molar-refractivity contribution is 5.93. The Bertz CT molecular complexity index is 890. The average Bonchev–Trinajstić information content (AvgIpc) is 3.18. The molecule has 1 N–H and O–H groups in total. The van der Waals surface area contributed by atoms with Gasteiger partial charge >= 0.3 is 5.97 Å². The molecule has 1 saturated heterocycles. The first-order valence-corrected chi connectivity index (χ1v) is 8.68. The molecule has 1 aromatic heterocycles. The number of amides is 1. The smallest absolute Gasteiger partial charge is 0.313 e. The van der Waals surface area contributed by atoms with E-state index in [2.05, 4.69) is 5.10 Å². The maximum Gasteiger partial charge on any atom is 0.313 e. The zero-order valence-electron chi connectivity index (χ0n) is 15.3. The highest BCUT2D eigenvalue weighted by atomic mass is 16.6. The number of likely N-dealkylation sites (tertiary alicyclic amines) is 1. The van der Waals surface area contributed by atoms with E-state index in [0.717, 1.165) is 0 Å². The fourth-order valence-electron chi connectivity index (χ4n) is 3.41. The van der Waals surface area contributed by atoms with E-state index in [9.17, 15) is 24.8 Å². The number of carboxylic acids is 1. The number of nitro groups is 1. The molecule has 1 aliphatic rings. The molecule has 1 fully saturated rings. The van der Waals surface area contributed by atoms with Gasteiger partial charge in [-0.05, 0) is 31.0 Å². The quantitative estimate of drug-likeness (QED) is 0.589. The summed E-state index contributed by atoms with van der Waals surface area (Å²) in [6.07, 6.45) is 2.58. The molecule has 0 bridgehead atoms. The number of carbonyl (C=O) groups excluding carboxylic acids is 1. The van der Waals surface area contributed by atoms with Crippen LogP contribution < -0.4 is 0 Å². The van der Waals surface area contributed by atoms with E-state index >= 15 is 0 Å². The monoisotopic (exact) mass is 388 g/mol. The summed E-state index contributed by atoms with van der Waals surface area (Å²) in [4.78, 5) is 36.3. The van der Waals surface area contributed by atoms with Crippen LogP contribution in [0.3, 0.4) is 0 Å². The Balaban J connectivity index is 1.78. The second-order valence-electron chi connectivity index (χ2n) is 6.77. The molecule has 148 valence electrons. The first kappa shape index (κ1) is 19.5. The third kappa shape index (κ3) is 3.72. The molecule has 1 unspecified atom stereocenters. The molecule has 0 saturated carbocycles. The number of piperidine rings is 1. The Morgan fingerprint density at radius 3 is 2.64 bits per heavy atom. The average molecular weight is 388 g/mol. The van der Waals surface area contributed by atoms with Crippen molar-refractivity contribution >= 4 is 17.6 Å². The van der Waals surface area contributed by atoms with Gasteiger partial charge in [0.15, 0.2) is 5.69 Å². The van der Waals surface area contributed by atoms with Crippen LogP contribution in [0.1, 0.15) is 23.3 Å². The number of non-ortho nitro benzene ring substituents is 1. The van der Waals surface area contributed by atoms with E-state index in [0.29, 0.717) is 25.1 Å². The minimum Gasteiger partial charge on any atom is -0.481 e. The van der Waals surface area contributed by atoms with Gasteiger partial charge in [0.2, 0.25) is 0 Å². The summed E-state index contributed by atoms with van der Waals surface area (Å²) >= 11 is 0. The van der Waals surface area contributed by atoms with Crippen LogP contribution in [-0.2, 0) is 9.53 Å². The third-order valence-electron chi connectivity index (χ3n) is 4.87. The lowest BCUT2D eigenvalue weighted by Crippen LogP contribution is -2.52. The summed E-state index contributed by atoms with van der Waals surface area (Å²) in [5.74, 6) is -1.34. The number of hydrogen-bond acceptors (Lipinski definition) is 6. The molecule has 3 rings (SSSR count). The number of ether oxygens (including phenoxy) is 1. The Labute approximate surface area is 160 Å². The fourth-order valence-corrected chi connectivity index (χ4v) is 3.41. The molecule has 0 radical (unpaired) electrons. The van der Waals surface area contributed by atoms with E-state index in [1.807, 2.05) is 0 Å². The summed E-state index contributed by atoms with van der Waals surface area (Å²) in [5, 5.41) is 24.6. The minimum atomic E-state index is -1.12. The molecule has 10 heteroatoms. The number of aromatic nitrogens is 2. The molecule has 28 heavy (non-hydrogen) atoms. The number of nitrogens with zero attached hydrogens (tertiary/aromatic N) is 4. The van der Waals surface area contributed by atoms with Crippen LogP contribution in [0.15, 0.2) is 36.5 Å². The van der Waals surface area contributed by atoms with Crippen LogP contribution in [-0.4, -0.2) is 63.4 Å². The van der Waals surface area contributed by atoms with Crippen molar-refractivity contribution in [2.24, 2.45) is 5.41 Å². The Hall–Kier alpha value is -3.27. The van der Waals surface area contributed by atoms with Gasteiger partial charge < -0.3 is 14.7 Å². The zero-order chi connectivity index (χ0) is 20.3. The molecular weight excluding hydrogens is 368 g/mol. The SMILES string of the molecule is COCC1(C(=O)O)CCCN(C(=O)c2ccn(-c3ccc([N+](=O)[O-])cc3)n2)C1. The predicted molar refractivity (Wildman–Crippen MR) is 97.3 cm³/mol. The van der Waals surface area contributed by atoms with Crippen molar-refractivity contribution in [2.45, 2.75) is 12.8 Å². The van der Waals surface area contributed by atoms with E-state index in [4.69, 9.17) is 4.74 Å². The van der Waals surface area contributed by atoms with E-state index < -0.39 is 16.3 Å². The second-order valence-corrected chi connectivity index (χ2v) is 6.77. The van der Waals surface area contributed by atoms with E-state index in [1.165, 1.54) is 47.0 Å². The molecule has 2 heterocycles.